The molecule has 1 aliphatic heterocycles. The van der Waals surface area contributed by atoms with E-state index < -0.39 is 5.97 Å². The Labute approximate surface area is 127 Å². The third-order valence-corrected chi connectivity index (χ3v) is 3.95. The van der Waals surface area contributed by atoms with Crippen LogP contribution in [0, 0.1) is 0 Å². The second kappa shape index (κ2) is 4.81. The van der Waals surface area contributed by atoms with Gasteiger partial charge in [0.25, 0.3) is 0 Å². The van der Waals surface area contributed by atoms with Crippen LogP contribution in [-0.4, -0.2) is 11.8 Å². The maximum absolute atomic E-state index is 12.4. The number of hydrogen-bond acceptors (Lipinski definition) is 3. The van der Waals surface area contributed by atoms with Crippen molar-refractivity contribution in [2.45, 2.75) is 6.42 Å². The molecule has 0 atom stereocenters. The lowest BCUT2D eigenvalue weighted by Gasteiger charge is -2.04. The van der Waals surface area contributed by atoms with Crippen molar-refractivity contribution in [2.75, 3.05) is 0 Å². The fraction of sp³-hybridized carbons (Fsp3) is 0.0526. The van der Waals surface area contributed by atoms with Gasteiger partial charge in [-0.1, -0.05) is 60.7 Å². The predicted octanol–water partition coefficient (Wildman–Crippen LogP) is 3.38. The summed E-state index contributed by atoms with van der Waals surface area (Å²) in [6, 6.07) is 18.8. The zero-order valence-electron chi connectivity index (χ0n) is 11.7. The summed E-state index contributed by atoms with van der Waals surface area (Å²) in [6.45, 7) is 0. The van der Waals surface area contributed by atoms with E-state index in [0.717, 1.165) is 16.7 Å². The van der Waals surface area contributed by atoms with E-state index in [4.69, 9.17) is 4.74 Å². The average Bonchev–Trinajstić information content (AvgIpc) is 3.06. The molecule has 4 rings (SSSR count). The monoisotopic (exact) mass is 288 g/mol. The summed E-state index contributed by atoms with van der Waals surface area (Å²) in [4.78, 5) is 24.7. The minimum absolute atomic E-state index is 0.0569. The first-order valence-corrected chi connectivity index (χ1v) is 7.09. The Morgan fingerprint density at radius 3 is 1.95 bits per heavy atom. The number of carbonyl (C=O) groups excluding carboxylic acids is 2. The van der Waals surface area contributed by atoms with Gasteiger partial charge >= 0.3 is 5.97 Å². The van der Waals surface area contributed by atoms with Crippen LogP contribution in [-0.2, 0) is 14.3 Å². The van der Waals surface area contributed by atoms with Gasteiger partial charge in [0, 0.05) is 12.0 Å². The Kier molecular flexibility index (Phi) is 2.79. The third kappa shape index (κ3) is 1.83. The van der Waals surface area contributed by atoms with Crippen molar-refractivity contribution in [3.63, 3.8) is 0 Å². The number of hydrogen-bond donors (Lipinski definition) is 0. The van der Waals surface area contributed by atoms with E-state index in [-0.39, 0.29) is 12.2 Å². The van der Waals surface area contributed by atoms with Gasteiger partial charge in [-0.3, -0.25) is 4.79 Å². The SMILES string of the molecule is O=C1CC(c2ccccc2)=C2OC(=O)C(c3ccccc3)=C12. The molecule has 2 aromatic rings. The summed E-state index contributed by atoms with van der Waals surface area (Å²) >= 11 is 0. The standard InChI is InChI=1S/C19H12O3/c20-15-11-14(12-7-3-1-4-8-12)18-17(15)16(19(21)22-18)13-9-5-2-6-10-13/h1-10H,11H2. The molecule has 0 aromatic heterocycles. The Balaban J connectivity index is 1.93. The smallest absolute Gasteiger partial charge is 0.345 e. The van der Waals surface area contributed by atoms with Crippen molar-refractivity contribution in [1.82, 2.24) is 0 Å². The molecule has 3 heteroatoms. The molecule has 3 nitrogen and oxygen atoms in total. The van der Waals surface area contributed by atoms with Gasteiger partial charge in [-0.2, -0.15) is 0 Å². The minimum atomic E-state index is -0.447. The van der Waals surface area contributed by atoms with Crippen LogP contribution in [0.4, 0.5) is 0 Å². The van der Waals surface area contributed by atoms with E-state index in [0.29, 0.717) is 16.9 Å². The number of esters is 1. The van der Waals surface area contributed by atoms with Crippen LogP contribution in [0.2, 0.25) is 0 Å². The number of allylic oxidation sites excluding steroid dienone is 2. The maximum Gasteiger partial charge on any atom is 0.345 e. The van der Waals surface area contributed by atoms with Gasteiger partial charge in [0.1, 0.15) is 5.76 Å². The Morgan fingerprint density at radius 2 is 1.32 bits per heavy atom. The van der Waals surface area contributed by atoms with Crippen LogP contribution >= 0.6 is 0 Å². The average molecular weight is 288 g/mol. The summed E-state index contributed by atoms with van der Waals surface area (Å²) in [5.74, 6) is -0.0729. The predicted molar refractivity (Wildman–Crippen MR) is 82.4 cm³/mol. The van der Waals surface area contributed by atoms with Gasteiger partial charge in [0.05, 0.1) is 11.1 Å². The molecule has 0 fully saturated rings. The Bertz CT molecular complexity index is 843. The molecule has 0 amide bonds. The molecule has 2 aromatic carbocycles. The zero-order chi connectivity index (χ0) is 15.1. The number of Topliss-reactive ketones (excluding diaryl/α,β-unsaturated/α-hetero) is 1. The van der Waals surface area contributed by atoms with Crippen LogP contribution < -0.4 is 0 Å². The van der Waals surface area contributed by atoms with Gasteiger partial charge in [-0.25, -0.2) is 4.79 Å². The molecule has 1 aliphatic carbocycles. The van der Waals surface area contributed by atoms with Crippen molar-refractivity contribution < 1.29 is 14.3 Å². The molecule has 22 heavy (non-hydrogen) atoms. The van der Waals surface area contributed by atoms with Crippen LogP contribution in [0.5, 0.6) is 0 Å². The van der Waals surface area contributed by atoms with Gasteiger partial charge < -0.3 is 4.74 Å². The lowest BCUT2D eigenvalue weighted by molar-refractivity contribution is -0.131. The Hall–Kier alpha value is -2.94. The van der Waals surface area contributed by atoms with Gasteiger partial charge in [0.2, 0.25) is 0 Å². The molecule has 0 spiro atoms. The lowest BCUT2D eigenvalue weighted by Crippen LogP contribution is -2.02. The molecule has 0 saturated carbocycles. The number of fused-ring (bicyclic) bond motifs is 1. The van der Waals surface area contributed by atoms with Crippen LogP contribution in [0.3, 0.4) is 0 Å². The first-order chi connectivity index (χ1) is 10.8. The summed E-state index contributed by atoms with van der Waals surface area (Å²) in [5, 5.41) is 0. The van der Waals surface area contributed by atoms with Crippen LogP contribution in [0.15, 0.2) is 72.0 Å². The zero-order valence-corrected chi connectivity index (χ0v) is 11.7. The first kappa shape index (κ1) is 12.8. The fourth-order valence-corrected chi connectivity index (χ4v) is 2.96. The number of carbonyl (C=O) groups is 2. The molecule has 0 unspecified atom stereocenters. The van der Waals surface area contributed by atoms with Crippen LogP contribution in [0.25, 0.3) is 11.1 Å². The molecule has 106 valence electrons. The molecular formula is C19H12O3. The van der Waals surface area contributed by atoms with E-state index in [1.54, 1.807) is 0 Å². The number of benzene rings is 2. The highest BCUT2D eigenvalue weighted by atomic mass is 16.5. The topological polar surface area (TPSA) is 43.4 Å². The molecule has 0 bridgehead atoms. The number of ether oxygens (including phenoxy) is 1. The molecule has 0 radical (unpaired) electrons. The van der Waals surface area contributed by atoms with E-state index in [9.17, 15) is 9.59 Å². The molecular weight excluding hydrogens is 276 g/mol. The van der Waals surface area contributed by atoms with Gasteiger partial charge in [-0.15, -0.1) is 0 Å². The van der Waals surface area contributed by atoms with Gasteiger partial charge in [0.15, 0.2) is 5.78 Å². The van der Waals surface area contributed by atoms with E-state index >= 15 is 0 Å². The number of rotatable bonds is 2. The van der Waals surface area contributed by atoms with E-state index in [1.165, 1.54) is 0 Å². The van der Waals surface area contributed by atoms with Crippen molar-refractivity contribution in [2.24, 2.45) is 0 Å². The maximum atomic E-state index is 12.4. The highest BCUT2D eigenvalue weighted by Crippen LogP contribution is 2.44. The second-order valence-electron chi connectivity index (χ2n) is 5.28. The normalized spacial score (nSPS) is 17.1. The van der Waals surface area contributed by atoms with E-state index in [2.05, 4.69) is 0 Å². The summed E-state index contributed by atoms with van der Waals surface area (Å²) in [5.41, 5.74) is 3.24. The summed E-state index contributed by atoms with van der Waals surface area (Å²) in [6.07, 6.45) is 0.276. The van der Waals surface area contributed by atoms with Crippen molar-refractivity contribution >= 4 is 22.9 Å². The molecule has 0 N–H and O–H groups in total. The highest BCUT2D eigenvalue weighted by Gasteiger charge is 2.41. The number of ketones is 1. The first-order valence-electron chi connectivity index (χ1n) is 7.09. The van der Waals surface area contributed by atoms with E-state index in [1.807, 2.05) is 60.7 Å². The van der Waals surface area contributed by atoms with Crippen LogP contribution in [0.1, 0.15) is 17.5 Å². The summed E-state index contributed by atoms with van der Waals surface area (Å²) in [7, 11) is 0. The van der Waals surface area contributed by atoms with Crippen molar-refractivity contribution in [1.29, 1.82) is 0 Å². The largest absolute Gasteiger partial charge is 0.422 e. The quantitative estimate of drug-likeness (QED) is 0.796. The van der Waals surface area contributed by atoms with Crippen molar-refractivity contribution in [3.8, 4) is 0 Å². The third-order valence-electron chi connectivity index (χ3n) is 3.95. The molecule has 1 heterocycles. The van der Waals surface area contributed by atoms with Gasteiger partial charge in [-0.05, 0) is 11.1 Å². The lowest BCUT2D eigenvalue weighted by atomic mass is 10.00. The minimum Gasteiger partial charge on any atom is -0.422 e. The second-order valence-corrected chi connectivity index (χ2v) is 5.28. The molecule has 2 aliphatic rings. The molecule has 0 saturated heterocycles. The van der Waals surface area contributed by atoms with Crippen molar-refractivity contribution in [3.05, 3.63) is 83.1 Å². The highest BCUT2D eigenvalue weighted by molar-refractivity contribution is 6.32. The Morgan fingerprint density at radius 1 is 0.727 bits per heavy atom. The summed E-state index contributed by atoms with van der Waals surface area (Å²) < 4.78 is 5.44. The fourth-order valence-electron chi connectivity index (χ4n) is 2.96.